The molecule has 0 bridgehead atoms. The summed E-state index contributed by atoms with van der Waals surface area (Å²) < 4.78 is 5.34. The second-order valence-electron chi connectivity index (χ2n) is 3.53. The van der Waals surface area contributed by atoms with Gasteiger partial charge in [-0.15, -0.1) is 0 Å². The molecule has 92 valence electrons. The van der Waals surface area contributed by atoms with Crippen molar-refractivity contribution in [3.05, 3.63) is 41.7 Å². The van der Waals surface area contributed by atoms with Crippen molar-refractivity contribution in [3.8, 4) is 0 Å². The molecule has 1 rings (SSSR count). The Balaban J connectivity index is 2.23. The summed E-state index contributed by atoms with van der Waals surface area (Å²) in [6.45, 7) is 2.69. The highest BCUT2D eigenvalue weighted by Crippen LogP contribution is 2.00. The number of pyridine rings is 1. The van der Waals surface area contributed by atoms with E-state index in [1.54, 1.807) is 12.3 Å². The van der Waals surface area contributed by atoms with Crippen LogP contribution in [0.1, 0.15) is 19.0 Å². The Morgan fingerprint density at radius 2 is 2.35 bits per heavy atom. The molecule has 0 saturated carbocycles. The van der Waals surface area contributed by atoms with Gasteiger partial charge >= 0.3 is 5.97 Å². The number of aliphatic carboxylic acids is 1. The van der Waals surface area contributed by atoms with E-state index in [1.807, 2.05) is 25.1 Å². The molecular weight excluding hydrogens is 218 g/mol. The molecule has 1 aromatic heterocycles. The van der Waals surface area contributed by atoms with Crippen LogP contribution in [0.15, 0.2) is 36.0 Å². The molecule has 0 aliphatic carbocycles. The van der Waals surface area contributed by atoms with E-state index in [2.05, 4.69) is 4.98 Å². The molecule has 1 heterocycles. The summed E-state index contributed by atoms with van der Waals surface area (Å²) in [5.41, 5.74) is 1.37. The maximum absolute atomic E-state index is 10.7. The van der Waals surface area contributed by atoms with Crippen LogP contribution >= 0.6 is 0 Å². The fraction of sp³-hybridized carbons (Fsp3) is 0.385. The first-order chi connectivity index (χ1) is 8.24. The van der Waals surface area contributed by atoms with Crippen LogP contribution in [0, 0.1) is 0 Å². The van der Waals surface area contributed by atoms with Crippen molar-refractivity contribution in [1.82, 2.24) is 4.98 Å². The third-order valence-corrected chi connectivity index (χ3v) is 2.33. The van der Waals surface area contributed by atoms with E-state index in [-0.39, 0.29) is 0 Å². The normalized spacial score (nSPS) is 11.5. The lowest BCUT2D eigenvalue weighted by atomic mass is 10.2. The standard InChI is InChI=1S/C13H17NO3/c1-2-11(13(15)16)6-9-17-10-7-12-5-3-4-8-14-12/h3-6,8H,2,7,9-10H2,1H3,(H,15,16). The van der Waals surface area contributed by atoms with Crippen molar-refractivity contribution >= 4 is 5.97 Å². The Labute approximate surface area is 101 Å². The van der Waals surface area contributed by atoms with Crippen LogP contribution < -0.4 is 0 Å². The Bertz CT molecular complexity index is 374. The van der Waals surface area contributed by atoms with E-state index in [9.17, 15) is 4.79 Å². The molecule has 0 fully saturated rings. The van der Waals surface area contributed by atoms with Gasteiger partial charge in [-0.3, -0.25) is 4.98 Å². The van der Waals surface area contributed by atoms with Crippen molar-refractivity contribution in [3.63, 3.8) is 0 Å². The van der Waals surface area contributed by atoms with Crippen LogP contribution in [0.4, 0.5) is 0 Å². The monoisotopic (exact) mass is 235 g/mol. The van der Waals surface area contributed by atoms with Gasteiger partial charge in [0.15, 0.2) is 0 Å². The zero-order valence-corrected chi connectivity index (χ0v) is 9.93. The van der Waals surface area contributed by atoms with Gasteiger partial charge in [-0.05, 0) is 24.6 Å². The van der Waals surface area contributed by atoms with Crippen molar-refractivity contribution < 1.29 is 14.6 Å². The van der Waals surface area contributed by atoms with E-state index in [4.69, 9.17) is 9.84 Å². The average molecular weight is 235 g/mol. The number of nitrogens with zero attached hydrogens (tertiary/aromatic N) is 1. The van der Waals surface area contributed by atoms with Crippen LogP contribution in [0.5, 0.6) is 0 Å². The van der Waals surface area contributed by atoms with Gasteiger partial charge in [0, 0.05) is 23.9 Å². The largest absolute Gasteiger partial charge is 0.478 e. The number of carboxylic acid groups (broad SMARTS) is 1. The first-order valence-corrected chi connectivity index (χ1v) is 5.64. The average Bonchev–Trinajstić information content (AvgIpc) is 2.34. The van der Waals surface area contributed by atoms with E-state index < -0.39 is 5.97 Å². The van der Waals surface area contributed by atoms with Crippen molar-refractivity contribution in [2.45, 2.75) is 19.8 Å². The van der Waals surface area contributed by atoms with Gasteiger partial charge in [-0.1, -0.05) is 13.0 Å². The molecule has 0 saturated heterocycles. The van der Waals surface area contributed by atoms with E-state index in [1.165, 1.54) is 0 Å². The Kier molecular flexibility index (Phi) is 5.96. The molecule has 17 heavy (non-hydrogen) atoms. The lowest BCUT2D eigenvalue weighted by Gasteiger charge is -2.02. The molecule has 4 nitrogen and oxygen atoms in total. The van der Waals surface area contributed by atoms with Gasteiger partial charge in [-0.2, -0.15) is 0 Å². The number of hydrogen-bond acceptors (Lipinski definition) is 3. The van der Waals surface area contributed by atoms with Gasteiger partial charge in [0.05, 0.1) is 13.2 Å². The molecule has 4 heteroatoms. The zero-order valence-electron chi connectivity index (χ0n) is 9.93. The van der Waals surface area contributed by atoms with Crippen LogP contribution in [-0.2, 0) is 16.0 Å². The van der Waals surface area contributed by atoms with E-state index >= 15 is 0 Å². The second-order valence-corrected chi connectivity index (χ2v) is 3.53. The van der Waals surface area contributed by atoms with Crippen LogP contribution in [0.3, 0.4) is 0 Å². The van der Waals surface area contributed by atoms with Gasteiger partial charge in [-0.25, -0.2) is 4.79 Å². The predicted molar refractivity (Wildman–Crippen MR) is 64.8 cm³/mol. The molecule has 0 unspecified atom stereocenters. The van der Waals surface area contributed by atoms with Crippen LogP contribution in [0.2, 0.25) is 0 Å². The summed E-state index contributed by atoms with van der Waals surface area (Å²) in [7, 11) is 0. The summed E-state index contributed by atoms with van der Waals surface area (Å²) >= 11 is 0. The van der Waals surface area contributed by atoms with Gasteiger partial charge < -0.3 is 9.84 Å². The van der Waals surface area contributed by atoms with Gasteiger partial charge in [0.2, 0.25) is 0 Å². The molecule has 1 N–H and O–H groups in total. The van der Waals surface area contributed by atoms with E-state index in [0.717, 1.165) is 12.1 Å². The predicted octanol–water partition coefficient (Wildman–Crippen LogP) is 2.06. The van der Waals surface area contributed by atoms with Crippen molar-refractivity contribution in [1.29, 1.82) is 0 Å². The molecule has 0 radical (unpaired) electrons. The SMILES string of the molecule is CCC(=CCOCCc1ccccn1)C(=O)O. The topological polar surface area (TPSA) is 59.4 Å². The summed E-state index contributed by atoms with van der Waals surface area (Å²) in [6, 6.07) is 5.74. The summed E-state index contributed by atoms with van der Waals surface area (Å²) in [6.07, 6.45) is 4.61. The fourth-order valence-electron chi connectivity index (χ4n) is 1.35. The number of carbonyl (C=O) groups is 1. The number of carboxylic acids is 1. The quantitative estimate of drug-likeness (QED) is 0.580. The number of rotatable bonds is 7. The zero-order chi connectivity index (χ0) is 12.5. The minimum atomic E-state index is -0.874. The van der Waals surface area contributed by atoms with Gasteiger partial charge in [0.1, 0.15) is 0 Å². The maximum Gasteiger partial charge on any atom is 0.331 e. The first kappa shape index (κ1) is 13.4. The molecule has 0 amide bonds. The van der Waals surface area contributed by atoms with Crippen molar-refractivity contribution in [2.24, 2.45) is 0 Å². The third kappa shape index (κ3) is 5.26. The van der Waals surface area contributed by atoms with Crippen LogP contribution in [-0.4, -0.2) is 29.3 Å². The number of aromatic nitrogens is 1. The Hall–Kier alpha value is -1.68. The highest BCUT2D eigenvalue weighted by atomic mass is 16.5. The summed E-state index contributed by atoms with van der Waals surface area (Å²) in [5.74, 6) is -0.874. The molecule has 0 atom stereocenters. The van der Waals surface area contributed by atoms with Gasteiger partial charge in [0.25, 0.3) is 0 Å². The highest BCUT2D eigenvalue weighted by molar-refractivity contribution is 5.86. The summed E-state index contributed by atoms with van der Waals surface area (Å²) in [4.78, 5) is 14.8. The minimum Gasteiger partial charge on any atom is -0.478 e. The fourth-order valence-corrected chi connectivity index (χ4v) is 1.35. The molecule has 0 aromatic carbocycles. The third-order valence-electron chi connectivity index (χ3n) is 2.33. The highest BCUT2D eigenvalue weighted by Gasteiger charge is 2.02. The van der Waals surface area contributed by atoms with Crippen molar-refractivity contribution in [2.75, 3.05) is 13.2 Å². The van der Waals surface area contributed by atoms with Crippen LogP contribution in [0.25, 0.3) is 0 Å². The maximum atomic E-state index is 10.7. The summed E-state index contributed by atoms with van der Waals surface area (Å²) in [5, 5.41) is 8.77. The molecule has 0 aliphatic heterocycles. The Morgan fingerprint density at radius 3 is 2.94 bits per heavy atom. The molecule has 1 aromatic rings. The lowest BCUT2D eigenvalue weighted by molar-refractivity contribution is -0.132. The number of hydrogen-bond donors (Lipinski definition) is 1. The lowest BCUT2D eigenvalue weighted by Crippen LogP contribution is -2.04. The molecular formula is C13H17NO3. The minimum absolute atomic E-state index is 0.336. The molecule has 0 spiro atoms. The Morgan fingerprint density at radius 1 is 1.53 bits per heavy atom. The second kappa shape index (κ2) is 7.57. The molecule has 0 aliphatic rings. The van der Waals surface area contributed by atoms with E-state index in [0.29, 0.717) is 25.2 Å². The number of ether oxygens (including phenoxy) is 1. The smallest absolute Gasteiger partial charge is 0.331 e. The first-order valence-electron chi connectivity index (χ1n) is 5.64.